The van der Waals surface area contributed by atoms with E-state index in [-0.39, 0.29) is 48.0 Å². The van der Waals surface area contributed by atoms with Crippen LogP contribution in [-0.4, -0.2) is 128 Å². The second-order valence-electron chi connectivity index (χ2n) is 16.0. The Morgan fingerprint density at radius 2 is 1.60 bits per heavy atom. The van der Waals surface area contributed by atoms with E-state index in [1.54, 1.807) is 0 Å². The highest BCUT2D eigenvalue weighted by atomic mass is 32.3. The van der Waals surface area contributed by atoms with Crippen LogP contribution in [-0.2, 0) is 24.1 Å². The Morgan fingerprint density at radius 1 is 0.938 bits per heavy atom. The molecule has 5 aliphatic rings. The fourth-order valence-electron chi connectivity index (χ4n) is 10.8. The molecule has 0 bridgehead atoms. The standard InChI is InChI=1S/C33H56O14S/c1-16(9-12-45-30-27(40)25(38)28(21(15-34)46-30)47-48(42,43)44)5-6-17(2)23-24(37)26(39)29-32(23,4)11-8-22-31(3)10-7-18(35)13-19(31)20(36)14-33(22,29)41/h5-6,16-30,34-41H,7-15H2,1-4H3,(H,42,43,44)/b6-5+/t16?,17-,18+,19?,20+,21?,22?,23+,24-,25?,26?,27?,28?,29?,30?,31+,32-,33+/m1/s1. The predicted octanol–water partition coefficient (Wildman–Crippen LogP) is -0.104. The highest BCUT2D eigenvalue weighted by molar-refractivity contribution is 7.80. The zero-order chi connectivity index (χ0) is 35.6. The summed E-state index contributed by atoms with van der Waals surface area (Å²) < 4.78 is 46.6. The minimum atomic E-state index is -5.00. The second kappa shape index (κ2) is 14.0. The van der Waals surface area contributed by atoms with Gasteiger partial charge in [-0.2, -0.15) is 8.42 Å². The number of hydrogen-bond acceptors (Lipinski definition) is 13. The van der Waals surface area contributed by atoms with Crippen LogP contribution in [0, 0.1) is 46.3 Å². The van der Waals surface area contributed by atoms with Gasteiger partial charge < -0.3 is 50.3 Å². The van der Waals surface area contributed by atoms with E-state index in [0.29, 0.717) is 38.5 Å². The second-order valence-corrected chi connectivity index (χ2v) is 17.0. The smallest absolute Gasteiger partial charge is 0.394 e. The Balaban J connectivity index is 1.22. The molecule has 0 aromatic rings. The molecule has 48 heavy (non-hydrogen) atoms. The molecule has 1 heterocycles. The fraction of sp³-hybridized carbons (Fsp3) is 0.939. The van der Waals surface area contributed by atoms with E-state index in [1.807, 2.05) is 32.9 Å². The first-order valence-corrected chi connectivity index (χ1v) is 18.7. The molecule has 14 nitrogen and oxygen atoms in total. The van der Waals surface area contributed by atoms with Gasteiger partial charge in [-0.05, 0) is 78.9 Å². The van der Waals surface area contributed by atoms with Crippen molar-refractivity contribution in [3.05, 3.63) is 12.2 Å². The number of allylic oxidation sites excluding steroid dienone is 2. The Morgan fingerprint density at radius 3 is 2.25 bits per heavy atom. The van der Waals surface area contributed by atoms with Gasteiger partial charge in [0.05, 0.1) is 43.2 Å². The van der Waals surface area contributed by atoms with Crippen LogP contribution in [0.15, 0.2) is 12.2 Å². The van der Waals surface area contributed by atoms with Crippen molar-refractivity contribution in [1.82, 2.24) is 0 Å². The van der Waals surface area contributed by atoms with Gasteiger partial charge in [-0.25, -0.2) is 4.18 Å². The van der Waals surface area contributed by atoms with Gasteiger partial charge in [0.15, 0.2) is 6.29 Å². The highest BCUT2D eigenvalue weighted by Gasteiger charge is 2.72. The van der Waals surface area contributed by atoms with Gasteiger partial charge >= 0.3 is 10.4 Å². The van der Waals surface area contributed by atoms with Crippen LogP contribution in [0.2, 0.25) is 0 Å². The maximum absolute atomic E-state index is 12.5. The third kappa shape index (κ3) is 6.77. The van der Waals surface area contributed by atoms with Gasteiger partial charge in [-0.1, -0.05) is 39.8 Å². The van der Waals surface area contributed by atoms with Gasteiger partial charge in [0.1, 0.15) is 24.4 Å². The molecule has 1 saturated heterocycles. The molecule has 15 heteroatoms. The molecular formula is C33H56O14S. The highest BCUT2D eigenvalue weighted by Crippen LogP contribution is 2.69. The van der Waals surface area contributed by atoms with Crippen molar-refractivity contribution >= 4 is 10.4 Å². The van der Waals surface area contributed by atoms with Crippen LogP contribution in [0.4, 0.5) is 0 Å². The van der Waals surface area contributed by atoms with Crippen LogP contribution >= 0.6 is 0 Å². The number of aliphatic hydroxyl groups is 8. The lowest BCUT2D eigenvalue weighted by atomic mass is 9.42. The first-order chi connectivity index (χ1) is 22.3. The molecule has 1 aliphatic heterocycles. The Kier molecular flexibility index (Phi) is 11.2. The van der Waals surface area contributed by atoms with E-state index in [2.05, 4.69) is 11.1 Å². The van der Waals surface area contributed by atoms with Crippen LogP contribution in [0.25, 0.3) is 0 Å². The number of rotatable bonds is 10. The van der Waals surface area contributed by atoms with E-state index < -0.39 is 89.1 Å². The molecule has 4 aliphatic carbocycles. The summed E-state index contributed by atoms with van der Waals surface area (Å²) in [6.07, 6.45) is -3.92. The normalized spacial score (nSPS) is 50.8. The maximum Gasteiger partial charge on any atom is 0.397 e. The molecule has 0 radical (unpaired) electrons. The molecular weight excluding hydrogens is 652 g/mol. The average Bonchev–Trinajstić information content (AvgIpc) is 3.20. The molecule has 0 aromatic heterocycles. The predicted molar refractivity (Wildman–Crippen MR) is 169 cm³/mol. The lowest BCUT2D eigenvalue weighted by Gasteiger charge is -2.65. The summed E-state index contributed by atoms with van der Waals surface area (Å²) in [4.78, 5) is 0. The summed E-state index contributed by atoms with van der Waals surface area (Å²) in [6.45, 7) is 7.36. The molecule has 10 unspecified atom stereocenters. The topological polar surface area (TPSA) is 244 Å². The summed E-state index contributed by atoms with van der Waals surface area (Å²) >= 11 is 0. The summed E-state index contributed by atoms with van der Waals surface area (Å²) in [5.74, 6) is -1.53. The van der Waals surface area contributed by atoms with Gasteiger partial charge in [-0.15, -0.1) is 0 Å². The number of fused-ring (bicyclic) bond motifs is 5. The van der Waals surface area contributed by atoms with Crippen LogP contribution < -0.4 is 0 Å². The summed E-state index contributed by atoms with van der Waals surface area (Å²) in [5.41, 5.74) is -2.35. The minimum Gasteiger partial charge on any atom is -0.394 e. The van der Waals surface area contributed by atoms with E-state index in [4.69, 9.17) is 14.0 Å². The Labute approximate surface area is 282 Å². The van der Waals surface area contributed by atoms with Crippen molar-refractivity contribution in [3.63, 3.8) is 0 Å². The van der Waals surface area contributed by atoms with Crippen LogP contribution in [0.1, 0.15) is 72.6 Å². The molecule has 278 valence electrons. The molecule has 0 amide bonds. The fourth-order valence-corrected chi connectivity index (χ4v) is 11.4. The van der Waals surface area contributed by atoms with Crippen molar-refractivity contribution in [3.8, 4) is 0 Å². The van der Waals surface area contributed by atoms with Gasteiger partial charge in [-0.3, -0.25) is 4.55 Å². The van der Waals surface area contributed by atoms with Crippen molar-refractivity contribution in [2.24, 2.45) is 46.3 Å². The lowest BCUT2D eigenvalue weighted by Crippen LogP contribution is -2.68. The number of hydrogen-bond donors (Lipinski definition) is 9. The molecule has 9 N–H and O–H groups in total. The SMILES string of the molecule is CC(/C=C/[C@@H](C)[C@H]1[C@@H](O)C(O)C2[C@]3(O)C[C@H](O)C4C[C@@H](O)CC[C@]4(C)C3CC[C@@]21C)CCOC1OC(CO)C(OS(=O)(=O)O)C(O)C1O. The number of ether oxygens (including phenoxy) is 2. The first-order valence-electron chi connectivity index (χ1n) is 17.3. The summed E-state index contributed by atoms with van der Waals surface area (Å²) in [6, 6.07) is 0. The van der Waals surface area contributed by atoms with E-state index in [9.17, 15) is 49.3 Å². The zero-order valence-electron chi connectivity index (χ0n) is 28.2. The minimum absolute atomic E-state index is 0.0543. The number of aliphatic hydroxyl groups excluding tert-OH is 7. The third-order valence-electron chi connectivity index (χ3n) is 13.0. The summed E-state index contributed by atoms with van der Waals surface area (Å²) in [7, 11) is -5.00. The average molecular weight is 709 g/mol. The third-order valence-corrected chi connectivity index (χ3v) is 13.5. The van der Waals surface area contributed by atoms with Crippen LogP contribution in [0.5, 0.6) is 0 Å². The van der Waals surface area contributed by atoms with E-state index in [0.717, 1.165) is 0 Å². The van der Waals surface area contributed by atoms with Gasteiger partial charge in [0, 0.05) is 12.3 Å². The molecule has 0 aromatic carbocycles. The molecule has 0 spiro atoms. The van der Waals surface area contributed by atoms with Crippen LogP contribution in [0.3, 0.4) is 0 Å². The maximum atomic E-state index is 12.5. The van der Waals surface area contributed by atoms with E-state index >= 15 is 0 Å². The Hall–Kier alpha value is -0.790. The largest absolute Gasteiger partial charge is 0.397 e. The molecule has 5 rings (SSSR count). The first kappa shape index (κ1) is 38.4. The zero-order valence-corrected chi connectivity index (χ0v) is 29.0. The van der Waals surface area contributed by atoms with Gasteiger partial charge in [0.25, 0.3) is 0 Å². The van der Waals surface area contributed by atoms with Crippen molar-refractivity contribution in [2.75, 3.05) is 13.2 Å². The van der Waals surface area contributed by atoms with Crippen molar-refractivity contribution in [2.45, 2.75) is 133 Å². The van der Waals surface area contributed by atoms with Crippen molar-refractivity contribution < 1.29 is 67.5 Å². The monoisotopic (exact) mass is 708 g/mol. The Bertz CT molecular complexity index is 1260. The molecule has 4 saturated carbocycles. The van der Waals surface area contributed by atoms with Gasteiger partial charge in [0.2, 0.25) is 0 Å². The quantitative estimate of drug-likeness (QED) is 0.106. The molecule has 18 atom stereocenters. The summed E-state index contributed by atoms with van der Waals surface area (Å²) in [5, 5.41) is 87.5. The molecule has 5 fully saturated rings. The van der Waals surface area contributed by atoms with E-state index in [1.165, 1.54) is 0 Å². The van der Waals surface area contributed by atoms with Crippen molar-refractivity contribution in [1.29, 1.82) is 0 Å². The lowest BCUT2D eigenvalue weighted by molar-refractivity contribution is -0.297.